The van der Waals surface area contributed by atoms with Gasteiger partial charge >= 0.3 is 0 Å². The van der Waals surface area contributed by atoms with Gasteiger partial charge in [0.05, 0.1) is 11.5 Å². The van der Waals surface area contributed by atoms with Crippen molar-refractivity contribution in [1.29, 1.82) is 0 Å². The summed E-state index contributed by atoms with van der Waals surface area (Å²) in [4.78, 5) is 12.5. The summed E-state index contributed by atoms with van der Waals surface area (Å²) in [6, 6.07) is 14.6. The number of non-ortho nitro benzene ring substituents is 1. The minimum atomic E-state index is -0.400. The third-order valence-electron chi connectivity index (χ3n) is 3.33. The molecule has 0 radical (unpaired) electrons. The van der Waals surface area contributed by atoms with Crippen LogP contribution in [0.1, 0.15) is 11.1 Å². The second kappa shape index (κ2) is 6.85. The highest BCUT2D eigenvalue weighted by Crippen LogP contribution is 2.26. The molecule has 2 aromatic rings. The highest BCUT2D eigenvalue weighted by Gasteiger charge is 2.14. The van der Waals surface area contributed by atoms with Crippen molar-refractivity contribution in [2.45, 2.75) is 13.5 Å². The Kier molecular flexibility index (Phi) is 4.90. The first kappa shape index (κ1) is 15.0. The molecule has 2 rings (SSSR count). The number of benzene rings is 2. The van der Waals surface area contributed by atoms with Gasteiger partial charge in [-0.3, -0.25) is 10.1 Å². The van der Waals surface area contributed by atoms with E-state index in [0.29, 0.717) is 13.1 Å². The van der Waals surface area contributed by atoms with Crippen molar-refractivity contribution in [2.75, 3.05) is 18.1 Å². The lowest BCUT2D eigenvalue weighted by Crippen LogP contribution is -2.26. The number of hydrogen-bond acceptors (Lipinski definition) is 4. The number of anilines is 1. The van der Waals surface area contributed by atoms with Crippen LogP contribution < -0.4 is 4.90 Å². The third kappa shape index (κ3) is 3.79. The third-order valence-corrected chi connectivity index (χ3v) is 3.33. The van der Waals surface area contributed by atoms with Gasteiger partial charge in [-0.1, -0.05) is 36.4 Å². The molecule has 2 aromatic carbocycles. The molecular weight excluding hydrogens is 268 g/mol. The molecule has 0 amide bonds. The molecule has 0 aliphatic rings. The van der Waals surface area contributed by atoms with Crippen molar-refractivity contribution in [3.05, 3.63) is 69.8 Å². The molecule has 0 aliphatic carbocycles. The zero-order chi connectivity index (χ0) is 15.2. The second-order valence-electron chi connectivity index (χ2n) is 4.86. The minimum Gasteiger partial charge on any atom is -0.395 e. The van der Waals surface area contributed by atoms with Gasteiger partial charge in [-0.2, -0.15) is 0 Å². The molecule has 0 saturated carbocycles. The molecule has 0 fully saturated rings. The van der Waals surface area contributed by atoms with Crippen LogP contribution in [-0.2, 0) is 6.54 Å². The van der Waals surface area contributed by atoms with Gasteiger partial charge in [-0.05, 0) is 18.1 Å². The van der Waals surface area contributed by atoms with Crippen molar-refractivity contribution in [2.24, 2.45) is 0 Å². The van der Waals surface area contributed by atoms with Crippen molar-refractivity contribution in [3.63, 3.8) is 0 Å². The van der Waals surface area contributed by atoms with E-state index in [1.807, 2.05) is 42.2 Å². The first-order valence-corrected chi connectivity index (χ1v) is 6.76. The predicted molar refractivity (Wildman–Crippen MR) is 82.4 cm³/mol. The van der Waals surface area contributed by atoms with Crippen molar-refractivity contribution in [3.8, 4) is 0 Å². The molecule has 0 spiro atoms. The summed E-state index contributed by atoms with van der Waals surface area (Å²) < 4.78 is 0. The molecule has 0 atom stereocenters. The Bertz CT molecular complexity index is 614. The van der Waals surface area contributed by atoms with E-state index in [4.69, 9.17) is 0 Å². The lowest BCUT2D eigenvalue weighted by Gasteiger charge is -2.25. The first-order valence-electron chi connectivity index (χ1n) is 6.76. The lowest BCUT2D eigenvalue weighted by atomic mass is 10.1. The number of nitro benzene ring substituents is 1. The molecule has 0 aliphatic heterocycles. The Morgan fingerprint density at radius 2 is 1.90 bits per heavy atom. The largest absolute Gasteiger partial charge is 0.395 e. The number of nitro groups is 1. The van der Waals surface area contributed by atoms with Crippen LogP contribution in [0.2, 0.25) is 0 Å². The maximum atomic E-state index is 10.9. The van der Waals surface area contributed by atoms with Crippen molar-refractivity contribution >= 4 is 11.4 Å². The van der Waals surface area contributed by atoms with E-state index in [2.05, 4.69) is 0 Å². The summed E-state index contributed by atoms with van der Waals surface area (Å²) >= 11 is 0. The van der Waals surface area contributed by atoms with Gasteiger partial charge in [-0.15, -0.1) is 0 Å². The van der Waals surface area contributed by atoms with Gasteiger partial charge in [0, 0.05) is 30.9 Å². The molecular formula is C16H18N2O3. The van der Waals surface area contributed by atoms with Crippen LogP contribution in [0.3, 0.4) is 0 Å². The summed E-state index contributed by atoms with van der Waals surface area (Å²) in [6.07, 6.45) is 0. The Morgan fingerprint density at radius 1 is 1.19 bits per heavy atom. The van der Waals surface area contributed by atoms with Crippen LogP contribution in [0, 0.1) is 17.0 Å². The fourth-order valence-corrected chi connectivity index (χ4v) is 2.26. The average Bonchev–Trinajstić information content (AvgIpc) is 2.48. The fourth-order valence-electron chi connectivity index (χ4n) is 2.26. The summed E-state index contributed by atoms with van der Waals surface area (Å²) in [5, 5.41) is 20.2. The maximum Gasteiger partial charge on any atom is 0.271 e. The summed E-state index contributed by atoms with van der Waals surface area (Å²) in [5.74, 6) is 0. The van der Waals surface area contributed by atoms with E-state index in [0.717, 1.165) is 16.8 Å². The van der Waals surface area contributed by atoms with E-state index in [1.165, 1.54) is 6.07 Å². The molecule has 0 saturated heterocycles. The molecule has 5 heteroatoms. The van der Waals surface area contributed by atoms with Gasteiger partial charge in [0.2, 0.25) is 0 Å². The van der Waals surface area contributed by atoms with Crippen molar-refractivity contribution in [1.82, 2.24) is 0 Å². The normalized spacial score (nSPS) is 10.4. The van der Waals surface area contributed by atoms with Gasteiger partial charge in [0.1, 0.15) is 0 Å². The van der Waals surface area contributed by atoms with Crippen LogP contribution in [-0.4, -0.2) is 23.2 Å². The summed E-state index contributed by atoms with van der Waals surface area (Å²) in [7, 11) is 0. The van der Waals surface area contributed by atoms with Gasteiger partial charge in [0.15, 0.2) is 0 Å². The zero-order valence-electron chi connectivity index (χ0n) is 11.9. The number of hydrogen-bond donors (Lipinski definition) is 1. The van der Waals surface area contributed by atoms with E-state index in [1.54, 1.807) is 12.1 Å². The highest BCUT2D eigenvalue weighted by atomic mass is 16.6. The molecule has 0 bridgehead atoms. The van der Waals surface area contributed by atoms with E-state index < -0.39 is 4.92 Å². The summed E-state index contributed by atoms with van der Waals surface area (Å²) in [6.45, 7) is 2.93. The van der Waals surface area contributed by atoms with Crippen LogP contribution in [0.25, 0.3) is 0 Å². The van der Waals surface area contributed by atoms with Crippen LogP contribution >= 0.6 is 0 Å². The van der Waals surface area contributed by atoms with E-state index in [9.17, 15) is 15.2 Å². The average molecular weight is 286 g/mol. The van der Waals surface area contributed by atoms with Gasteiger partial charge in [-0.25, -0.2) is 0 Å². The highest BCUT2D eigenvalue weighted by molar-refractivity contribution is 5.59. The Hall–Kier alpha value is -2.40. The van der Waals surface area contributed by atoms with Crippen LogP contribution in [0.15, 0.2) is 48.5 Å². The van der Waals surface area contributed by atoms with Crippen LogP contribution in [0.4, 0.5) is 11.4 Å². The molecule has 5 nitrogen and oxygen atoms in total. The van der Waals surface area contributed by atoms with Crippen LogP contribution in [0.5, 0.6) is 0 Å². The number of nitrogens with zero attached hydrogens (tertiary/aromatic N) is 2. The zero-order valence-corrected chi connectivity index (χ0v) is 11.9. The molecule has 1 N–H and O–H groups in total. The monoisotopic (exact) mass is 286 g/mol. The minimum absolute atomic E-state index is 0.00499. The molecule has 0 heterocycles. The van der Waals surface area contributed by atoms with Gasteiger partial charge in [0.25, 0.3) is 5.69 Å². The fraction of sp³-hybridized carbons (Fsp3) is 0.250. The maximum absolute atomic E-state index is 10.9. The Morgan fingerprint density at radius 3 is 2.52 bits per heavy atom. The SMILES string of the molecule is Cc1ccc([N+](=O)[O-])cc1N(CCO)Cc1ccccc1. The van der Waals surface area contributed by atoms with Crippen molar-refractivity contribution < 1.29 is 10.0 Å². The Labute approximate surface area is 123 Å². The topological polar surface area (TPSA) is 66.6 Å². The number of aliphatic hydroxyl groups is 1. The number of aliphatic hydroxyl groups excluding tert-OH is 1. The first-order chi connectivity index (χ1) is 10.1. The number of aryl methyl sites for hydroxylation is 1. The summed E-state index contributed by atoms with van der Waals surface area (Å²) in [5.41, 5.74) is 2.88. The quantitative estimate of drug-likeness (QED) is 0.655. The molecule has 0 aromatic heterocycles. The lowest BCUT2D eigenvalue weighted by molar-refractivity contribution is -0.384. The molecule has 0 unspecified atom stereocenters. The van der Waals surface area contributed by atoms with E-state index in [-0.39, 0.29) is 12.3 Å². The van der Waals surface area contributed by atoms with E-state index >= 15 is 0 Å². The molecule has 21 heavy (non-hydrogen) atoms. The number of rotatable bonds is 6. The molecule has 110 valence electrons. The smallest absolute Gasteiger partial charge is 0.271 e. The Balaban J connectivity index is 2.33. The predicted octanol–water partition coefficient (Wildman–Crippen LogP) is 2.90. The van der Waals surface area contributed by atoms with Gasteiger partial charge < -0.3 is 10.0 Å². The second-order valence-corrected chi connectivity index (χ2v) is 4.86. The standard InChI is InChI=1S/C16H18N2O3/c1-13-7-8-15(18(20)21)11-16(13)17(9-10-19)12-14-5-3-2-4-6-14/h2-8,11,19H,9-10,12H2,1H3.